The number of rotatable bonds is 4. The van der Waals surface area contributed by atoms with Crippen molar-refractivity contribution >= 4 is 11.6 Å². The van der Waals surface area contributed by atoms with E-state index in [1.807, 2.05) is 6.07 Å². The van der Waals surface area contributed by atoms with Gasteiger partial charge in [-0.15, -0.1) is 0 Å². The Bertz CT molecular complexity index is 446. The molecule has 3 atom stereocenters. The van der Waals surface area contributed by atoms with E-state index in [-0.39, 0.29) is 5.92 Å². The second-order valence-corrected chi connectivity index (χ2v) is 6.44. The third-order valence-electron chi connectivity index (χ3n) is 4.17. The molecule has 0 amide bonds. The van der Waals surface area contributed by atoms with Gasteiger partial charge in [-0.1, -0.05) is 27.7 Å². The number of nitrogens with two attached hydrogens (primary N) is 1. The minimum atomic E-state index is 0.285. The SMILES string of the molecule is CC1CCC(Nc2cc(NN)nc(C(C)C)n2)C(C)C1. The van der Waals surface area contributed by atoms with Gasteiger partial charge in [-0.05, 0) is 31.1 Å². The van der Waals surface area contributed by atoms with E-state index in [4.69, 9.17) is 5.84 Å². The van der Waals surface area contributed by atoms with Crippen LogP contribution in [0.3, 0.4) is 0 Å². The lowest BCUT2D eigenvalue weighted by molar-refractivity contribution is 0.276. The Morgan fingerprint density at radius 3 is 2.50 bits per heavy atom. The van der Waals surface area contributed by atoms with E-state index in [2.05, 4.69) is 48.4 Å². The Morgan fingerprint density at radius 1 is 1.20 bits per heavy atom. The van der Waals surface area contributed by atoms with Gasteiger partial charge in [0.1, 0.15) is 17.5 Å². The van der Waals surface area contributed by atoms with Gasteiger partial charge < -0.3 is 10.7 Å². The number of nitrogen functional groups attached to an aromatic ring is 1. The lowest BCUT2D eigenvalue weighted by Gasteiger charge is -2.33. The summed E-state index contributed by atoms with van der Waals surface area (Å²) in [6, 6.07) is 2.38. The topological polar surface area (TPSA) is 75.9 Å². The number of hydrogen-bond donors (Lipinski definition) is 3. The molecule has 1 aromatic rings. The van der Waals surface area contributed by atoms with Crippen LogP contribution in [0, 0.1) is 11.8 Å². The summed E-state index contributed by atoms with van der Waals surface area (Å²) in [5, 5.41) is 3.57. The highest BCUT2D eigenvalue weighted by Crippen LogP contribution is 2.30. The van der Waals surface area contributed by atoms with Crippen LogP contribution >= 0.6 is 0 Å². The molecule has 20 heavy (non-hydrogen) atoms. The Kier molecular flexibility index (Phi) is 4.81. The molecule has 2 rings (SSSR count). The van der Waals surface area contributed by atoms with Crippen LogP contribution in [0.1, 0.15) is 58.7 Å². The summed E-state index contributed by atoms with van der Waals surface area (Å²) >= 11 is 0. The van der Waals surface area contributed by atoms with Gasteiger partial charge in [0.15, 0.2) is 0 Å². The first-order valence-electron chi connectivity index (χ1n) is 7.61. The lowest BCUT2D eigenvalue weighted by atomic mass is 9.80. The Labute approximate surface area is 121 Å². The van der Waals surface area contributed by atoms with Crippen molar-refractivity contribution in [2.45, 2.75) is 58.9 Å². The number of anilines is 2. The van der Waals surface area contributed by atoms with Crippen LogP contribution in [0.5, 0.6) is 0 Å². The molecule has 0 bridgehead atoms. The largest absolute Gasteiger partial charge is 0.367 e. The molecule has 0 aromatic carbocycles. The Balaban J connectivity index is 2.14. The molecule has 112 valence electrons. The molecular formula is C15H27N5. The first-order chi connectivity index (χ1) is 9.49. The van der Waals surface area contributed by atoms with Crippen LogP contribution in [-0.2, 0) is 0 Å². The normalized spacial score (nSPS) is 26.6. The predicted octanol–water partition coefficient (Wildman–Crippen LogP) is 3.12. The second-order valence-electron chi connectivity index (χ2n) is 6.44. The molecule has 0 spiro atoms. The zero-order chi connectivity index (χ0) is 14.7. The highest BCUT2D eigenvalue weighted by Gasteiger charge is 2.25. The smallest absolute Gasteiger partial charge is 0.145 e. The highest BCUT2D eigenvalue weighted by atomic mass is 15.3. The van der Waals surface area contributed by atoms with Crippen molar-refractivity contribution in [1.29, 1.82) is 0 Å². The zero-order valence-electron chi connectivity index (χ0n) is 13.0. The summed E-state index contributed by atoms with van der Waals surface area (Å²) in [5.41, 5.74) is 2.63. The molecule has 1 aromatic heterocycles. The van der Waals surface area contributed by atoms with Gasteiger partial charge in [-0.2, -0.15) is 0 Å². The molecule has 5 heteroatoms. The summed E-state index contributed by atoms with van der Waals surface area (Å²) in [6.45, 7) is 8.83. The monoisotopic (exact) mass is 277 g/mol. The minimum Gasteiger partial charge on any atom is -0.367 e. The van der Waals surface area contributed by atoms with Crippen molar-refractivity contribution in [3.8, 4) is 0 Å². The van der Waals surface area contributed by atoms with E-state index in [9.17, 15) is 0 Å². The summed E-state index contributed by atoms with van der Waals surface area (Å²) < 4.78 is 0. The highest BCUT2D eigenvalue weighted by molar-refractivity contribution is 5.47. The van der Waals surface area contributed by atoms with Crippen molar-refractivity contribution in [2.75, 3.05) is 10.7 Å². The van der Waals surface area contributed by atoms with Crippen molar-refractivity contribution in [1.82, 2.24) is 9.97 Å². The fraction of sp³-hybridized carbons (Fsp3) is 0.733. The van der Waals surface area contributed by atoms with E-state index >= 15 is 0 Å². The molecule has 0 saturated heterocycles. The minimum absolute atomic E-state index is 0.285. The number of hydrogen-bond acceptors (Lipinski definition) is 5. The summed E-state index contributed by atoms with van der Waals surface area (Å²) in [6.07, 6.45) is 3.77. The number of nitrogens with one attached hydrogen (secondary N) is 2. The van der Waals surface area contributed by atoms with Crippen LogP contribution in [0.4, 0.5) is 11.6 Å². The van der Waals surface area contributed by atoms with Gasteiger partial charge in [0.2, 0.25) is 0 Å². The van der Waals surface area contributed by atoms with Gasteiger partial charge >= 0.3 is 0 Å². The van der Waals surface area contributed by atoms with Gasteiger partial charge in [0, 0.05) is 18.0 Å². The van der Waals surface area contributed by atoms with Crippen molar-refractivity contribution < 1.29 is 0 Å². The number of nitrogens with zero attached hydrogens (tertiary/aromatic N) is 2. The summed E-state index contributed by atoms with van der Waals surface area (Å²) in [7, 11) is 0. The molecule has 0 radical (unpaired) electrons. The fourth-order valence-electron chi connectivity index (χ4n) is 2.94. The van der Waals surface area contributed by atoms with Crippen LogP contribution < -0.4 is 16.6 Å². The lowest BCUT2D eigenvalue weighted by Crippen LogP contribution is -2.33. The molecule has 1 saturated carbocycles. The Morgan fingerprint density at radius 2 is 1.90 bits per heavy atom. The molecule has 0 aliphatic heterocycles. The molecule has 1 aliphatic carbocycles. The van der Waals surface area contributed by atoms with Gasteiger partial charge in [-0.25, -0.2) is 15.8 Å². The van der Waals surface area contributed by atoms with E-state index < -0.39 is 0 Å². The van der Waals surface area contributed by atoms with Crippen LogP contribution in [0.2, 0.25) is 0 Å². The van der Waals surface area contributed by atoms with E-state index in [0.717, 1.165) is 17.6 Å². The average molecular weight is 277 g/mol. The molecule has 3 unspecified atom stereocenters. The molecule has 5 nitrogen and oxygen atoms in total. The third-order valence-corrected chi connectivity index (χ3v) is 4.17. The van der Waals surface area contributed by atoms with Gasteiger partial charge in [-0.3, -0.25) is 0 Å². The van der Waals surface area contributed by atoms with Gasteiger partial charge in [0.05, 0.1) is 0 Å². The standard InChI is InChI=1S/C15H27N5/c1-9(2)15-18-13(8-14(19-15)20-16)17-12-6-5-10(3)7-11(12)4/h8-12H,5-7,16H2,1-4H3,(H2,17,18,19,20). The first kappa shape index (κ1) is 15.0. The average Bonchev–Trinajstić information content (AvgIpc) is 2.41. The maximum absolute atomic E-state index is 5.50. The van der Waals surface area contributed by atoms with E-state index in [1.54, 1.807) is 0 Å². The van der Waals surface area contributed by atoms with Crippen molar-refractivity contribution in [2.24, 2.45) is 17.7 Å². The van der Waals surface area contributed by atoms with E-state index in [1.165, 1.54) is 19.3 Å². The number of hydrazine groups is 1. The number of aromatic nitrogens is 2. The van der Waals surface area contributed by atoms with Gasteiger partial charge in [0.25, 0.3) is 0 Å². The maximum atomic E-state index is 5.50. The third kappa shape index (κ3) is 3.60. The molecule has 1 heterocycles. The fourth-order valence-corrected chi connectivity index (χ4v) is 2.94. The molecule has 1 fully saturated rings. The zero-order valence-corrected chi connectivity index (χ0v) is 13.0. The van der Waals surface area contributed by atoms with Crippen molar-refractivity contribution in [3.05, 3.63) is 11.9 Å². The van der Waals surface area contributed by atoms with Crippen LogP contribution in [0.15, 0.2) is 6.07 Å². The summed E-state index contributed by atoms with van der Waals surface area (Å²) in [4.78, 5) is 9.00. The molecule has 1 aliphatic rings. The Hall–Kier alpha value is -1.36. The predicted molar refractivity (Wildman–Crippen MR) is 83.5 cm³/mol. The quantitative estimate of drug-likeness (QED) is 0.582. The molecule has 4 N–H and O–H groups in total. The second kappa shape index (κ2) is 6.39. The first-order valence-corrected chi connectivity index (χ1v) is 7.61. The van der Waals surface area contributed by atoms with E-state index in [0.29, 0.717) is 17.8 Å². The van der Waals surface area contributed by atoms with Crippen molar-refractivity contribution in [3.63, 3.8) is 0 Å². The summed E-state index contributed by atoms with van der Waals surface area (Å²) in [5.74, 6) is 9.66. The molecular weight excluding hydrogens is 250 g/mol. The van der Waals surface area contributed by atoms with Crippen LogP contribution in [0.25, 0.3) is 0 Å². The maximum Gasteiger partial charge on any atom is 0.145 e. The van der Waals surface area contributed by atoms with Crippen LogP contribution in [-0.4, -0.2) is 16.0 Å².